The van der Waals surface area contributed by atoms with Gasteiger partial charge in [-0.25, -0.2) is 14.2 Å². The topological polar surface area (TPSA) is 109 Å². The van der Waals surface area contributed by atoms with Gasteiger partial charge in [0.15, 0.2) is 0 Å². The number of halogens is 1. The number of nitrogens with zero attached hydrogens (tertiary/aromatic N) is 2. The summed E-state index contributed by atoms with van der Waals surface area (Å²) in [7, 11) is 0. The van der Waals surface area contributed by atoms with Gasteiger partial charge < -0.3 is 20.4 Å². The summed E-state index contributed by atoms with van der Waals surface area (Å²) in [5, 5.41) is 6.12. The van der Waals surface area contributed by atoms with E-state index in [1.165, 1.54) is 12.1 Å². The van der Waals surface area contributed by atoms with Crippen molar-refractivity contribution in [3.8, 4) is 11.1 Å². The monoisotopic (exact) mass is 489 g/mol. The third-order valence-electron chi connectivity index (χ3n) is 5.38. The fourth-order valence-electron chi connectivity index (χ4n) is 3.77. The summed E-state index contributed by atoms with van der Waals surface area (Å²) in [5.41, 5.74) is 3.68. The Kier molecular flexibility index (Phi) is 7.00. The first kappa shape index (κ1) is 24.8. The maximum Gasteiger partial charge on any atom is 0.408 e. The molecule has 0 radical (unpaired) electrons. The summed E-state index contributed by atoms with van der Waals surface area (Å²) in [5.74, 6) is -0.386. The number of pyridine rings is 2. The summed E-state index contributed by atoms with van der Waals surface area (Å²) in [4.78, 5) is 36.7. The third-order valence-corrected chi connectivity index (χ3v) is 5.38. The van der Waals surface area contributed by atoms with Crippen molar-refractivity contribution in [2.45, 2.75) is 45.8 Å². The van der Waals surface area contributed by atoms with Crippen molar-refractivity contribution in [2.24, 2.45) is 0 Å². The Morgan fingerprint density at radius 1 is 1.06 bits per heavy atom. The van der Waals surface area contributed by atoms with Crippen LogP contribution in [0.2, 0.25) is 0 Å². The average Bonchev–Trinajstić information content (AvgIpc) is 3.16. The Morgan fingerprint density at radius 2 is 1.75 bits per heavy atom. The zero-order valence-corrected chi connectivity index (χ0v) is 20.6. The second kappa shape index (κ2) is 10.2. The van der Waals surface area contributed by atoms with Crippen LogP contribution in [0, 0.1) is 5.82 Å². The van der Waals surface area contributed by atoms with Gasteiger partial charge in [-0.1, -0.05) is 12.1 Å². The molecule has 3 heterocycles. The predicted octanol–water partition coefficient (Wildman–Crippen LogP) is 5.21. The number of H-pyrrole nitrogens is 1. The minimum Gasteiger partial charge on any atom is -0.444 e. The van der Waals surface area contributed by atoms with Crippen LogP contribution in [0.3, 0.4) is 0 Å². The number of hydrogen-bond acceptors (Lipinski definition) is 5. The average molecular weight is 490 g/mol. The van der Waals surface area contributed by atoms with Gasteiger partial charge in [0.1, 0.15) is 28.9 Å². The van der Waals surface area contributed by atoms with Crippen molar-refractivity contribution < 1.29 is 18.7 Å². The Bertz CT molecular complexity index is 1380. The van der Waals surface area contributed by atoms with Gasteiger partial charge >= 0.3 is 6.09 Å². The van der Waals surface area contributed by atoms with Crippen molar-refractivity contribution in [1.29, 1.82) is 0 Å². The number of amides is 2. The Morgan fingerprint density at radius 3 is 2.42 bits per heavy atom. The van der Waals surface area contributed by atoms with E-state index < -0.39 is 23.6 Å². The molecule has 3 N–H and O–H groups in total. The number of carbonyl (C=O) groups is 2. The van der Waals surface area contributed by atoms with Crippen molar-refractivity contribution >= 4 is 28.9 Å². The highest BCUT2D eigenvalue weighted by molar-refractivity contribution is 5.99. The number of carbonyl (C=O) groups excluding carboxylic acids is 2. The summed E-state index contributed by atoms with van der Waals surface area (Å²) in [6, 6.07) is 12.9. The molecule has 186 valence electrons. The maximum absolute atomic E-state index is 13.4. The first-order valence-corrected chi connectivity index (χ1v) is 11.6. The molecule has 0 fully saturated rings. The van der Waals surface area contributed by atoms with E-state index in [0.717, 1.165) is 27.8 Å². The van der Waals surface area contributed by atoms with Gasteiger partial charge in [0.2, 0.25) is 5.91 Å². The third kappa shape index (κ3) is 6.04. The lowest BCUT2D eigenvalue weighted by Crippen LogP contribution is -2.44. The lowest BCUT2D eigenvalue weighted by Gasteiger charge is -2.21. The first-order valence-electron chi connectivity index (χ1n) is 11.6. The normalized spacial score (nSPS) is 12.2. The number of aromatic nitrogens is 3. The van der Waals surface area contributed by atoms with E-state index in [2.05, 4.69) is 25.6 Å². The number of alkyl carbamates (subject to hydrolysis) is 1. The second-order valence-electron chi connectivity index (χ2n) is 9.47. The predicted molar refractivity (Wildman–Crippen MR) is 136 cm³/mol. The maximum atomic E-state index is 13.4. The zero-order chi connectivity index (χ0) is 25.9. The van der Waals surface area contributed by atoms with Gasteiger partial charge in [0.25, 0.3) is 0 Å². The van der Waals surface area contributed by atoms with Crippen molar-refractivity contribution in [2.75, 3.05) is 5.32 Å². The largest absolute Gasteiger partial charge is 0.444 e. The minimum absolute atomic E-state index is 0.290. The summed E-state index contributed by atoms with van der Waals surface area (Å²) in [6.45, 7) is 6.81. The molecule has 8 nitrogen and oxygen atoms in total. The molecule has 2 amide bonds. The van der Waals surface area contributed by atoms with Gasteiger partial charge in [0.05, 0.1) is 0 Å². The first-order chi connectivity index (χ1) is 17.1. The second-order valence-corrected chi connectivity index (χ2v) is 9.47. The van der Waals surface area contributed by atoms with Crippen LogP contribution in [-0.2, 0) is 16.0 Å². The lowest BCUT2D eigenvalue weighted by atomic mass is 10.00. The summed E-state index contributed by atoms with van der Waals surface area (Å²) in [6.07, 6.45) is 3.30. The van der Waals surface area contributed by atoms with Crippen LogP contribution in [-0.4, -0.2) is 38.6 Å². The summed E-state index contributed by atoms with van der Waals surface area (Å²) >= 11 is 0. The van der Waals surface area contributed by atoms with Crippen LogP contribution in [0.5, 0.6) is 0 Å². The van der Waals surface area contributed by atoms with Gasteiger partial charge in [-0.05, 0) is 75.2 Å². The van der Waals surface area contributed by atoms with Crippen LogP contribution < -0.4 is 10.6 Å². The fourth-order valence-corrected chi connectivity index (χ4v) is 3.77. The molecule has 3 aromatic heterocycles. The van der Waals surface area contributed by atoms with Crippen molar-refractivity contribution in [1.82, 2.24) is 20.3 Å². The van der Waals surface area contributed by atoms with Crippen molar-refractivity contribution in [3.63, 3.8) is 0 Å². The number of benzene rings is 1. The van der Waals surface area contributed by atoms with E-state index in [-0.39, 0.29) is 5.82 Å². The van der Waals surface area contributed by atoms with E-state index in [4.69, 9.17) is 4.74 Å². The molecule has 4 aromatic rings. The van der Waals surface area contributed by atoms with Crippen LogP contribution >= 0.6 is 0 Å². The molecule has 1 atom stereocenters. The molecule has 9 heteroatoms. The SMILES string of the molecule is C[C@@H](NC(=O)OC(C)(C)C)C(=O)Nc1ccc2c(-c3ccncc3)c(Cc3ccc(F)cc3)[nH]c2n1. The van der Waals surface area contributed by atoms with Gasteiger partial charge in [-0.2, -0.15) is 0 Å². The zero-order valence-electron chi connectivity index (χ0n) is 20.6. The van der Waals surface area contributed by atoms with Crippen LogP contribution in [0.25, 0.3) is 22.2 Å². The number of rotatable bonds is 6. The van der Waals surface area contributed by atoms with Crippen molar-refractivity contribution in [3.05, 3.63) is 78.0 Å². The molecule has 0 aliphatic rings. The highest BCUT2D eigenvalue weighted by Gasteiger charge is 2.22. The number of nitrogens with one attached hydrogen (secondary N) is 3. The Labute approximate surface area is 208 Å². The molecule has 0 spiro atoms. The smallest absolute Gasteiger partial charge is 0.408 e. The molecular formula is C27H28FN5O3. The van der Waals surface area contributed by atoms with Crippen LogP contribution in [0.15, 0.2) is 60.9 Å². The van der Waals surface area contributed by atoms with Crippen LogP contribution in [0.1, 0.15) is 39.0 Å². The summed E-state index contributed by atoms with van der Waals surface area (Å²) < 4.78 is 18.6. The molecule has 0 aliphatic heterocycles. The van der Waals surface area contributed by atoms with Gasteiger partial charge in [-0.15, -0.1) is 0 Å². The lowest BCUT2D eigenvalue weighted by molar-refractivity contribution is -0.117. The molecule has 36 heavy (non-hydrogen) atoms. The van der Waals surface area contributed by atoms with E-state index in [9.17, 15) is 14.0 Å². The highest BCUT2D eigenvalue weighted by atomic mass is 19.1. The Balaban J connectivity index is 1.59. The van der Waals surface area contributed by atoms with Gasteiger partial charge in [0, 0.05) is 35.5 Å². The number of hydrogen-bond donors (Lipinski definition) is 3. The minimum atomic E-state index is -0.831. The number of aromatic amines is 1. The van der Waals surface area contributed by atoms with E-state index in [0.29, 0.717) is 17.9 Å². The van der Waals surface area contributed by atoms with E-state index >= 15 is 0 Å². The molecular weight excluding hydrogens is 461 g/mol. The molecule has 0 aliphatic carbocycles. The van der Waals surface area contributed by atoms with Crippen LogP contribution in [0.4, 0.5) is 15.0 Å². The highest BCUT2D eigenvalue weighted by Crippen LogP contribution is 2.33. The molecule has 0 unspecified atom stereocenters. The quantitative estimate of drug-likeness (QED) is 0.345. The number of ether oxygens (including phenoxy) is 1. The molecule has 4 rings (SSSR count). The van der Waals surface area contributed by atoms with Gasteiger partial charge in [-0.3, -0.25) is 9.78 Å². The molecule has 0 bridgehead atoms. The molecule has 0 saturated heterocycles. The molecule has 0 saturated carbocycles. The van der Waals surface area contributed by atoms with E-state index in [1.54, 1.807) is 58.3 Å². The van der Waals surface area contributed by atoms with E-state index in [1.807, 2.05) is 18.2 Å². The fraction of sp³-hybridized carbons (Fsp3) is 0.259. The number of anilines is 1. The standard InChI is InChI=1S/C27H28FN5O3/c1-16(30-26(35)36-27(2,3)4)25(34)33-22-10-9-20-23(18-11-13-29-14-12-18)21(31-24(20)32-22)15-17-5-7-19(28)8-6-17/h5-14,16H,15H2,1-4H3,(H,30,35)(H2,31,32,33,34)/t16-/m1/s1. The molecule has 1 aromatic carbocycles. The number of fused-ring (bicyclic) bond motifs is 1. The Hall–Kier alpha value is -4.27.